The number of amides is 1. The summed E-state index contributed by atoms with van der Waals surface area (Å²) in [5, 5.41) is 4.09. The van der Waals surface area contributed by atoms with Crippen LogP contribution in [0.2, 0.25) is 5.02 Å². The molecule has 0 radical (unpaired) electrons. The predicted octanol–water partition coefficient (Wildman–Crippen LogP) is 3.26. The number of nitrogens with one attached hydrogen (secondary N) is 1. The highest BCUT2D eigenvalue weighted by atomic mass is 79.9. The van der Waals surface area contributed by atoms with Gasteiger partial charge in [-0.25, -0.2) is 0 Å². The minimum Gasteiger partial charge on any atom is -0.370 e. The van der Waals surface area contributed by atoms with Crippen molar-refractivity contribution in [2.75, 3.05) is 11.1 Å². The molecule has 0 aliphatic carbocycles. The number of carbonyl (C=O) groups excluding carboxylic acids is 1. The van der Waals surface area contributed by atoms with Crippen LogP contribution in [0.4, 0.5) is 5.69 Å². The molecule has 1 aromatic carbocycles. The Morgan fingerprint density at radius 3 is 2.89 bits per heavy atom. The van der Waals surface area contributed by atoms with E-state index in [4.69, 9.17) is 17.3 Å². The van der Waals surface area contributed by atoms with Gasteiger partial charge in [0.15, 0.2) is 0 Å². The van der Waals surface area contributed by atoms with E-state index in [9.17, 15) is 4.79 Å². The summed E-state index contributed by atoms with van der Waals surface area (Å²) in [5.41, 5.74) is 5.76. The second-order valence-corrected chi connectivity index (χ2v) is 7.06. The van der Waals surface area contributed by atoms with E-state index >= 15 is 0 Å². The van der Waals surface area contributed by atoms with Gasteiger partial charge in [0.05, 0.1) is 5.02 Å². The summed E-state index contributed by atoms with van der Waals surface area (Å²) in [4.78, 5) is 11.8. The Kier molecular flexibility index (Phi) is 4.14. The molecule has 18 heavy (non-hydrogen) atoms. The van der Waals surface area contributed by atoms with Crippen LogP contribution in [0.3, 0.4) is 0 Å². The van der Waals surface area contributed by atoms with Gasteiger partial charge in [-0.1, -0.05) is 18.5 Å². The molecule has 6 heteroatoms. The van der Waals surface area contributed by atoms with Gasteiger partial charge in [0.25, 0.3) is 0 Å². The molecule has 1 aromatic rings. The van der Waals surface area contributed by atoms with Crippen molar-refractivity contribution >= 4 is 50.9 Å². The van der Waals surface area contributed by atoms with Crippen molar-refractivity contribution in [3.8, 4) is 0 Å². The molecule has 0 saturated carbocycles. The third kappa shape index (κ3) is 2.49. The van der Waals surface area contributed by atoms with Crippen molar-refractivity contribution in [2.24, 2.45) is 5.73 Å². The molecule has 1 heterocycles. The molecule has 3 nitrogen and oxygen atoms in total. The van der Waals surface area contributed by atoms with Gasteiger partial charge >= 0.3 is 0 Å². The Morgan fingerprint density at radius 2 is 2.39 bits per heavy atom. The lowest BCUT2D eigenvalue weighted by Gasteiger charge is -2.31. The van der Waals surface area contributed by atoms with Gasteiger partial charge in [0.2, 0.25) is 5.91 Å². The van der Waals surface area contributed by atoms with Gasteiger partial charge in [0.1, 0.15) is 5.54 Å². The lowest BCUT2D eigenvalue weighted by molar-refractivity contribution is -0.122. The molecular formula is C12H14BrClN2OS. The zero-order valence-electron chi connectivity index (χ0n) is 9.87. The van der Waals surface area contributed by atoms with Crippen molar-refractivity contribution in [1.29, 1.82) is 0 Å². The normalized spacial score (nSPS) is 27.2. The topological polar surface area (TPSA) is 55.1 Å². The molecule has 0 spiro atoms. The summed E-state index contributed by atoms with van der Waals surface area (Å²) < 4.78 is 0.798. The maximum absolute atomic E-state index is 11.8. The fourth-order valence-corrected chi connectivity index (χ4v) is 3.99. The second kappa shape index (κ2) is 5.31. The van der Waals surface area contributed by atoms with Crippen LogP contribution in [-0.2, 0) is 4.79 Å². The molecule has 0 aromatic heterocycles. The first kappa shape index (κ1) is 14.0. The Morgan fingerprint density at radius 1 is 1.67 bits per heavy atom. The number of rotatable bonds is 3. The van der Waals surface area contributed by atoms with E-state index in [-0.39, 0.29) is 11.2 Å². The van der Waals surface area contributed by atoms with Gasteiger partial charge in [-0.05, 0) is 46.3 Å². The lowest BCUT2D eigenvalue weighted by atomic mass is 9.91. The maximum Gasteiger partial charge on any atom is 0.244 e. The maximum atomic E-state index is 11.8. The van der Waals surface area contributed by atoms with Gasteiger partial charge in [-0.3, -0.25) is 4.79 Å². The Labute approximate surface area is 124 Å². The van der Waals surface area contributed by atoms with E-state index < -0.39 is 5.54 Å². The molecule has 1 fully saturated rings. The number of halogens is 2. The van der Waals surface area contributed by atoms with E-state index in [1.165, 1.54) is 0 Å². The SMILES string of the molecule is CC1SCCC1(Nc1ccc(Cl)c(Br)c1)C(N)=O. The highest BCUT2D eigenvalue weighted by Crippen LogP contribution is 2.39. The molecule has 98 valence electrons. The van der Waals surface area contributed by atoms with E-state index in [0.29, 0.717) is 5.02 Å². The van der Waals surface area contributed by atoms with Crippen molar-refractivity contribution in [3.63, 3.8) is 0 Å². The zero-order chi connectivity index (χ0) is 13.3. The number of hydrogen-bond donors (Lipinski definition) is 2. The quantitative estimate of drug-likeness (QED) is 0.880. The molecule has 2 rings (SSSR count). The van der Waals surface area contributed by atoms with Crippen LogP contribution in [0, 0.1) is 0 Å². The number of carbonyl (C=O) groups is 1. The molecule has 1 saturated heterocycles. The standard InChI is InChI=1S/C12H14BrClN2OS/c1-7-12(11(15)17,4-5-18-7)16-8-2-3-10(14)9(13)6-8/h2-3,6-7,16H,4-5H2,1H3,(H2,15,17). The molecule has 1 aliphatic heterocycles. The summed E-state index contributed by atoms with van der Waals surface area (Å²) in [6.07, 6.45) is 0.744. The van der Waals surface area contributed by atoms with Crippen LogP contribution in [0.15, 0.2) is 22.7 Å². The minimum absolute atomic E-state index is 0.157. The predicted molar refractivity (Wildman–Crippen MR) is 81.2 cm³/mol. The Hall–Kier alpha value is -0.390. The Bertz CT molecular complexity index is 485. The molecular weight excluding hydrogens is 336 g/mol. The van der Waals surface area contributed by atoms with Crippen LogP contribution in [0.5, 0.6) is 0 Å². The highest BCUT2D eigenvalue weighted by molar-refractivity contribution is 9.10. The minimum atomic E-state index is -0.669. The summed E-state index contributed by atoms with van der Waals surface area (Å²) in [7, 11) is 0. The van der Waals surface area contributed by atoms with Crippen molar-refractivity contribution in [2.45, 2.75) is 24.1 Å². The first-order valence-electron chi connectivity index (χ1n) is 5.60. The van der Waals surface area contributed by atoms with Crippen molar-refractivity contribution in [3.05, 3.63) is 27.7 Å². The van der Waals surface area contributed by atoms with E-state index in [1.54, 1.807) is 17.8 Å². The van der Waals surface area contributed by atoms with Crippen LogP contribution >= 0.6 is 39.3 Å². The number of primary amides is 1. The second-order valence-electron chi connectivity index (χ2n) is 4.35. The van der Waals surface area contributed by atoms with Crippen LogP contribution < -0.4 is 11.1 Å². The summed E-state index contributed by atoms with van der Waals surface area (Å²) in [6, 6.07) is 5.51. The zero-order valence-corrected chi connectivity index (χ0v) is 13.0. The number of hydrogen-bond acceptors (Lipinski definition) is 3. The average Bonchev–Trinajstić information content (AvgIpc) is 2.67. The molecule has 2 atom stereocenters. The molecule has 0 bridgehead atoms. The van der Waals surface area contributed by atoms with Gasteiger partial charge in [-0.15, -0.1) is 0 Å². The fraction of sp³-hybridized carbons (Fsp3) is 0.417. The average molecular weight is 350 g/mol. The number of benzene rings is 1. The Balaban J connectivity index is 2.29. The smallest absolute Gasteiger partial charge is 0.244 e. The lowest BCUT2D eigenvalue weighted by Crippen LogP contribution is -2.54. The summed E-state index contributed by atoms with van der Waals surface area (Å²) in [5.74, 6) is 0.636. The molecule has 3 N–H and O–H groups in total. The van der Waals surface area contributed by atoms with Crippen LogP contribution in [-0.4, -0.2) is 22.4 Å². The van der Waals surface area contributed by atoms with Crippen molar-refractivity contribution in [1.82, 2.24) is 0 Å². The number of thioether (sulfide) groups is 1. The first-order chi connectivity index (χ1) is 8.45. The van der Waals surface area contributed by atoms with E-state index in [1.807, 2.05) is 19.1 Å². The highest BCUT2D eigenvalue weighted by Gasteiger charge is 2.46. The largest absolute Gasteiger partial charge is 0.370 e. The van der Waals surface area contributed by atoms with Crippen LogP contribution in [0.1, 0.15) is 13.3 Å². The van der Waals surface area contributed by atoms with Gasteiger partial charge in [0, 0.05) is 15.4 Å². The van der Waals surface area contributed by atoms with Gasteiger partial charge < -0.3 is 11.1 Å². The first-order valence-corrected chi connectivity index (χ1v) is 7.82. The van der Waals surface area contributed by atoms with E-state index in [0.717, 1.165) is 22.3 Å². The summed E-state index contributed by atoms with van der Waals surface area (Å²) >= 11 is 11.1. The number of nitrogens with two attached hydrogens (primary N) is 1. The van der Waals surface area contributed by atoms with E-state index in [2.05, 4.69) is 21.2 Å². The van der Waals surface area contributed by atoms with Gasteiger partial charge in [-0.2, -0.15) is 11.8 Å². The molecule has 2 unspecified atom stereocenters. The number of anilines is 1. The van der Waals surface area contributed by atoms with Crippen molar-refractivity contribution < 1.29 is 4.79 Å². The third-order valence-corrected chi connectivity index (χ3v) is 5.84. The third-order valence-electron chi connectivity index (χ3n) is 3.28. The molecule has 1 aliphatic rings. The van der Waals surface area contributed by atoms with Crippen LogP contribution in [0.25, 0.3) is 0 Å². The molecule has 1 amide bonds. The summed E-state index contributed by atoms with van der Waals surface area (Å²) in [6.45, 7) is 2.03. The fourth-order valence-electron chi connectivity index (χ4n) is 2.12. The monoisotopic (exact) mass is 348 g/mol.